The molecule has 134 valence electrons. The second kappa shape index (κ2) is 6.63. The number of benzene rings is 2. The molecule has 2 aromatic rings. The van der Waals surface area contributed by atoms with Gasteiger partial charge in [-0.1, -0.05) is 56.2 Å². The third kappa shape index (κ3) is 3.31. The van der Waals surface area contributed by atoms with E-state index in [0.717, 1.165) is 5.56 Å². The molecule has 0 aromatic heterocycles. The molecule has 0 radical (unpaired) electrons. The highest BCUT2D eigenvalue weighted by atomic mass is 16.7. The molecule has 2 aromatic carbocycles. The van der Waals surface area contributed by atoms with Crippen LogP contribution in [0.2, 0.25) is 0 Å². The second-order valence-electron chi connectivity index (χ2n) is 6.95. The van der Waals surface area contributed by atoms with E-state index in [2.05, 4.69) is 0 Å². The van der Waals surface area contributed by atoms with Crippen LogP contribution in [0.25, 0.3) is 0 Å². The van der Waals surface area contributed by atoms with Gasteiger partial charge in [0.2, 0.25) is 0 Å². The lowest BCUT2D eigenvalue weighted by molar-refractivity contribution is -0.170. The Morgan fingerprint density at radius 3 is 2.04 bits per heavy atom. The molecule has 26 heavy (non-hydrogen) atoms. The molecular formula is C20H19NO5. The molecule has 0 fully saturated rings. The van der Waals surface area contributed by atoms with Gasteiger partial charge in [-0.05, 0) is 29.2 Å². The van der Waals surface area contributed by atoms with Crippen molar-refractivity contribution >= 4 is 17.8 Å². The Kier molecular flexibility index (Phi) is 4.50. The zero-order valence-corrected chi connectivity index (χ0v) is 14.8. The minimum atomic E-state index is -0.830. The Hall–Kier alpha value is -3.15. The molecule has 0 saturated heterocycles. The van der Waals surface area contributed by atoms with Gasteiger partial charge in [-0.25, -0.2) is 4.79 Å². The van der Waals surface area contributed by atoms with Crippen molar-refractivity contribution in [2.45, 2.75) is 26.2 Å². The number of para-hydroxylation sites is 1. The van der Waals surface area contributed by atoms with E-state index in [-0.39, 0.29) is 16.5 Å². The average Bonchev–Trinajstić information content (AvgIpc) is 2.85. The molecule has 0 spiro atoms. The number of nitrogens with zero attached hydrogens (tertiary/aromatic N) is 1. The molecule has 0 bridgehead atoms. The summed E-state index contributed by atoms with van der Waals surface area (Å²) >= 11 is 0. The van der Waals surface area contributed by atoms with Crippen LogP contribution < -0.4 is 4.74 Å². The van der Waals surface area contributed by atoms with Crippen LogP contribution in [0.4, 0.5) is 0 Å². The van der Waals surface area contributed by atoms with Crippen LogP contribution in [0.5, 0.6) is 5.75 Å². The van der Waals surface area contributed by atoms with Crippen molar-refractivity contribution in [3.05, 3.63) is 65.2 Å². The second-order valence-corrected chi connectivity index (χ2v) is 6.95. The number of hydrogen-bond acceptors (Lipinski definition) is 5. The maximum Gasteiger partial charge on any atom is 0.370 e. The summed E-state index contributed by atoms with van der Waals surface area (Å²) in [7, 11) is 0. The van der Waals surface area contributed by atoms with Crippen LogP contribution in [-0.2, 0) is 15.0 Å². The largest absolute Gasteiger partial charge is 0.482 e. The molecular weight excluding hydrogens is 334 g/mol. The number of hydroxylamine groups is 2. The summed E-state index contributed by atoms with van der Waals surface area (Å²) in [6.45, 7) is 5.69. The number of fused-ring (bicyclic) bond motifs is 1. The van der Waals surface area contributed by atoms with Gasteiger partial charge in [0.15, 0.2) is 6.61 Å². The summed E-state index contributed by atoms with van der Waals surface area (Å²) in [6, 6.07) is 13.7. The molecule has 0 saturated carbocycles. The molecule has 6 heteroatoms. The fourth-order valence-corrected chi connectivity index (χ4v) is 2.73. The molecule has 0 aliphatic carbocycles. The first-order valence-electron chi connectivity index (χ1n) is 8.20. The van der Waals surface area contributed by atoms with Crippen LogP contribution in [-0.4, -0.2) is 29.5 Å². The number of ether oxygens (including phenoxy) is 1. The Bertz CT molecular complexity index is 847. The predicted molar refractivity (Wildman–Crippen MR) is 93.7 cm³/mol. The lowest BCUT2D eigenvalue weighted by Crippen LogP contribution is -2.34. The maximum atomic E-state index is 12.2. The van der Waals surface area contributed by atoms with Crippen molar-refractivity contribution in [3.8, 4) is 5.75 Å². The minimum absolute atomic E-state index is 0.164. The van der Waals surface area contributed by atoms with E-state index in [4.69, 9.17) is 9.57 Å². The summed E-state index contributed by atoms with van der Waals surface area (Å²) in [5.74, 6) is -1.59. The van der Waals surface area contributed by atoms with E-state index in [1.807, 2.05) is 32.9 Å². The van der Waals surface area contributed by atoms with Gasteiger partial charge >= 0.3 is 5.97 Å². The third-order valence-electron chi connectivity index (χ3n) is 3.99. The number of hydrogen-bond donors (Lipinski definition) is 0. The number of carbonyl (C=O) groups excluding carboxylic acids is 3. The first kappa shape index (κ1) is 17.7. The Morgan fingerprint density at radius 1 is 0.923 bits per heavy atom. The third-order valence-corrected chi connectivity index (χ3v) is 3.99. The number of carbonyl (C=O) groups is 3. The van der Waals surface area contributed by atoms with Crippen LogP contribution >= 0.6 is 0 Å². The molecule has 0 atom stereocenters. The van der Waals surface area contributed by atoms with Crippen LogP contribution in [0, 0.1) is 0 Å². The average molecular weight is 353 g/mol. The normalized spacial score (nSPS) is 13.6. The highest BCUT2D eigenvalue weighted by Crippen LogP contribution is 2.31. The van der Waals surface area contributed by atoms with E-state index in [1.165, 1.54) is 12.1 Å². The summed E-state index contributed by atoms with van der Waals surface area (Å²) in [4.78, 5) is 41.4. The molecule has 1 aliphatic rings. The van der Waals surface area contributed by atoms with Gasteiger partial charge in [0, 0.05) is 0 Å². The number of rotatable bonds is 4. The summed E-state index contributed by atoms with van der Waals surface area (Å²) in [5.41, 5.74) is 1.20. The highest BCUT2D eigenvalue weighted by Gasteiger charge is 2.38. The summed E-state index contributed by atoms with van der Waals surface area (Å²) < 4.78 is 5.56. The topological polar surface area (TPSA) is 72.9 Å². The fourth-order valence-electron chi connectivity index (χ4n) is 2.73. The number of amides is 2. The first-order chi connectivity index (χ1) is 12.3. The molecule has 1 aliphatic heterocycles. The van der Waals surface area contributed by atoms with E-state index in [0.29, 0.717) is 10.8 Å². The SMILES string of the molecule is CC(C)(C)c1ccccc1OCC(=O)ON1C(=O)c2ccccc2C1=O. The Morgan fingerprint density at radius 2 is 1.46 bits per heavy atom. The zero-order valence-electron chi connectivity index (χ0n) is 14.8. The van der Waals surface area contributed by atoms with Gasteiger partial charge in [-0.3, -0.25) is 9.59 Å². The van der Waals surface area contributed by atoms with E-state index in [9.17, 15) is 14.4 Å². The molecule has 6 nitrogen and oxygen atoms in total. The quantitative estimate of drug-likeness (QED) is 0.790. The molecule has 3 rings (SSSR count). The van der Waals surface area contributed by atoms with Crippen molar-refractivity contribution in [1.82, 2.24) is 5.06 Å². The van der Waals surface area contributed by atoms with E-state index >= 15 is 0 Å². The standard InChI is InChI=1S/C20H19NO5/c1-20(2,3)15-10-6-7-11-16(15)25-12-17(22)26-21-18(23)13-8-4-5-9-14(13)19(21)24/h4-11H,12H2,1-3H3. The molecule has 0 unspecified atom stereocenters. The maximum absolute atomic E-state index is 12.2. The van der Waals surface area contributed by atoms with E-state index in [1.54, 1.807) is 24.3 Å². The lowest BCUT2D eigenvalue weighted by Gasteiger charge is -2.22. The number of imide groups is 1. The van der Waals surface area contributed by atoms with Gasteiger partial charge in [-0.15, -0.1) is 0 Å². The van der Waals surface area contributed by atoms with Crippen molar-refractivity contribution < 1.29 is 24.0 Å². The predicted octanol–water partition coefficient (Wildman–Crippen LogP) is 3.12. The van der Waals surface area contributed by atoms with Gasteiger partial charge in [0.1, 0.15) is 5.75 Å². The van der Waals surface area contributed by atoms with E-state index < -0.39 is 24.4 Å². The monoisotopic (exact) mass is 353 g/mol. The lowest BCUT2D eigenvalue weighted by atomic mass is 9.86. The first-order valence-corrected chi connectivity index (χ1v) is 8.20. The molecule has 0 N–H and O–H groups in total. The fraction of sp³-hybridized carbons (Fsp3) is 0.250. The van der Waals surface area contributed by atoms with Crippen molar-refractivity contribution in [2.24, 2.45) is 0 Å². The smallest absolute Gasteiger partial charge is 0.370 e. The summed E-state index contributed by atoms with van der Waals surface area (Å²) in [5, 5.41) is 0.478. The minimum Gasteiger partial charge on any atom is -0.482 e. The van der Waals surface area contributed by atoms with Crippen LogP contribution in [0.15, 0.2) is 48.5 Å². The van der Waals surface area contributed by atoms with Gasteiger partial charge in [0.05, 0.1) is 11.1 Å². The Balaban J connectivity index is 1.67. The molecule has 2 amide bonds. The van der Waals surface area contributed by atoms with Crippen LogP contribution in [0.1, 0.15) is 47.1 Å². The zero-order chi connectivity index (χ0) is 18.9. The summed E-state index contributed by atoms with van der Waals surface area (Å²) in [6.07, 6.45) is 0. The highest BCUT2D eigenvalue weighted by molar-refractivity contribution is 6.20. The van der Waals surface area contributed by atoms with Gasteiger partial charge < -0.3 is 9.57 Å². The van der Waals surface area contributed by atoms with Crippen molar-refractivity contribution in [3.63, 3.8) is 0 Å². The van der Waals surface area contributed by atoms with Crippen LogP contribution in [0.3, 0.4) is 0 Å². The van der Waals surface area contributed by atoms with Crippen molar-refractivity contribution in [1.29, 1.82) is 0 Å². The van der Waals surface area contributed by atoms with Crippen molar-refractivity contribution in [2.75, 3.05) is 6.61 Å². The van der Waals surface area contributed by atoms with Gasteiger partial charge in [0.25, 0.3) is 11.8 Å². The molecule has 1 heterocycles. The Labute approximate surface area is 151 Å². The van der Waals surface area contributed by atoms with Gasteiger partial charge in [-0.2, -0.15) is 0 Å².